The first-order valence-corrected chi connectivity index (χ1v) is 10.1. The quantitative estimate of drug-likeness (QED) is 0.687. The smallest absolute Gasteiger partial charge is 0.275 e. The van der Waals surface area contributed by atoms with Crippen LogP contribution in [0.2, 0.25) is 0 Å². The maximum atomic E-state index is 12.8. The van der Waals surface area contributed by atoms with E-state index in [4.69, 9.17) is 0 Å². The third-order valence-electron chi connectivity index (χ3n) is 5.58. The first kappa shape index (κ1) is 19.3. The zero-order chi connectivity index (χ0) is 20.4. The van der Waals surface area contributed by atoms with E-state index in [9.17, 15) is 9.59 Å². The normalized spacial score (nSPS) is 15.2. The van der Waals surface area contributed by atoms with Crippen molar-refractivity contribution in [2.75, 3.05) is 26.2 Å². The van der Waals surface area contributed by atoms with Crippen LogP contribution in [0.5, 0.6) is 0 Å². The second-order valence-electron chi connectivity index (χ2n) is 7.86. The Morgan fingerprint density at radius 2 is 1.69 bits per heavy atom. The van der Waals surface area contributed by atoms with Gasteiger partial charge >= 0.3 is 0 Å². The highest BCUT2D eigenvalue weighted by molar-refractivity contribution is 5.94. The lowest BCUT2D eigenvalue weighted by molar-refractivity contribution is 0.0583. The van der Waals surface area contributed by atoms with Crippen molar-refractivity contribution >= 4 is 16.7 Å². The summed E-state index contributed by atoms with van der Waals surface area (Å²) >= 11 is 0. The van der Waals surface area contributed by atoms with Crippen LogP contribution < -0.4 is 5.56 Å². The molecule has 0 atom stereocenters. The summed E-state index contributed by atoms with van der Waals surface area (Å²) in [4.78, 5) is 29.5. The highest BCUT2D eigenvalue weighted by Crippen LogP contribution is 2.16. The van der Waals surface area contributed by atoms with Gasteiger partial charge in [-0.3, -0.25) is 14.5 Å². The lowest BCUT2D eigenvalue weighted by Gasteiger charge is -2.34. The van der Waals surface area contributed by atoms with Crippen molar-refractivity contribution < 1.29 is 4.79 Å². The van der Waals surface area contributed by atoms with E-state index in [0.717, 1.165) is 24.0 Å². The van der Waals surface area contributed by atoms with Crippen LogP contribution in [0.3, 0.4) is 0 Å². The molecule has 1 aliphatic heterocycles. The molecule has 0 aliphatic carbocycles. The highest BCUT2D eigenvalue weighted by atomic mass is 16.2. The highest BCUT2D eigenvalue weighted by Gasteiger charge is 2.22. The number of hydrogen-bond donors (Lipinski definition) is 0. The molecule has 0 unspecified atom stereocenters. The number of fused-ring (bicyclic) bond motifs is 1. The molecule has 2 aromatic carbocycles. The van der Waals surface area contributed by atoms with Crippen LogP contribution in [-0.2, 0) is 6.67 Å². The second kappa shape index (κ2) is 8.17. The summed E-state index contributed by atoms with van der Waals surface area (Å²) in [7, 11) is 0. The SMILES string of the molecule is CC(C)c1ccc(C(=O)N2CCN(Cn3ncc4ccccc4c3=O)CC2)cc1. The van der Waals surface area contributed by atoms with Gasteiger partial charge < -0.3 is 4.90 Å². The minimum Gasteiger partial charge on any atom is -0.336 e. The van der Waals surface area contributed by atoms with Crippen LogP contribution in [0.1, 0.15) is 35.7 Å². The second-order valence-corrected chi connectivity index (χ2v) is 7.86. The van der Waals surface area contributed by atoms with Crippen LogP contribution >= 0.6 is 0 Å². The number of carbonyl (C=O) groups excluding carboxylic acids is 1. The monoisotopic (exact) mass is 390 g/mol. The molecule has 1 saturated heterocycles. The molecule has 0 N–H and O–H groups in total. The van der Waals surface area contributed by atoms with Crippen molar-refractivity contribution in [2.24, 2.45) is 0 Å². The lowest BCUT2D eigenvalue weighted by Crippen LogP contribution is -2.49. The minimum absolute atomic E-state index is 0.0703. The number of hydrogen-bond acceptors (Lipinski definition) is 4. The third-order valence-corrected chi connectivity index (χ3v) is 5.58. The standard InChI is InChI=1S/C23H26N4O2/c1-17(2)18-7-9-19(10-8-18)22(28)26-13-11-25(12-14-26)16-27-23(29)21-6-4-3-5-20(21)15-24-27/h3-10,15,17H,11-14,16H2,1-2H3. The molecular weight excluding hydrogens is 364 g/mol. The van der Waals surface area contributed by atoms with Gasteiger partial charge in [0.15, 0.2) is 0 Å². The molecule has 29 heavy (non-hydrogen) atoms. The zero-order valence-electron chi connectivity index (χ0n) is 16.9. The van der Waals surface area contributed by atoms with Crippen LogP contribution in [0.15, 0.2) is 59.5 Å². The topological polar surface area (TPSA) is 58.4 Å². The Balaban J connectivity index is 1.39. The van der Waals surface area contributed by atoms with E-state index in [2.05, 4.69) is 23.8 Å². The van der Waals surface area contributed by atoms with Gasteiger partial charge in [-0.05, 0) is 29.7 Å². The van der Waals surface area contributed by atoms with E-state index >= 15 is 0 Å². The van der Waals surface area contributed by atoms with Crippen molar-refractivity contribution in [2.45, 2.75) is 26.4 Å². The van der Waals surface area contributed by atoms with Crippen molar-refractivity contribution in [3.05, 3.63) is 76.2 Å². The van der Waals surface area contributed by atoms with E-state index < -0.39 is 0 Å². The Labute approximate surface area is 170 Å². The van der Waals surface area contributed by atoms with Gasteiger partial charge in [-0.25, -0.2) is 4.68 Å². The Hall–Kier alpha value is -2.99. The lowest BCUT2D eigenvalue weighted by atomic mass is 10.0. The fraction of sp³-hybridized carbons (Fsp3) is 0.348. The molecule has 0 bridgehead atoms. The third kappa shape index (κ3) is 4.07. The molecule has 1 fully saturated rings. The summed E-state index contributed by atoms with van der Waals surface area (Å²) in [6, 6.07) is 15.4. The average molecular weight is 390 g/mol. The van der Waals surface area contributed by atoms with E-state index in [-0.39, 0.29) is 11.5 Å². The predicted octanol–water partition coefficient (Wildman–Crippen LogP) is 2.94. The zero-order valence-corrected chi connectivity index (χ0v) is 16.9. The van der Waals surface area contributed by atoms with Gasteiger partial charge in [0.05, 0.1) is 18.3 Å². The Bertz CT molecular complexity index is 1060. The van der Waals surface area contributed by atoms with Gasteiger partial charge in [-0.2, -0.15) is 5.10 Å². The number of rotatable bonds is 4. The number of piperazine rings is 1. The van der Waals surface area contributed by atoms with Crippen molar-refractivity contribution in [1.29, 1.82) is 0 Å². The Morgan fingerprint density at radius 1 is 1.00 bits per heavy atom. The van der Waals surface area contributed by atoms with Gasteiger partial charge in [0.25, 0.3) is 11.5 Å². The summed E-state index contributed by atoms with van der Waals surface area (Å²) in [5.41, 5.74) is 1.89. The summed E-state index contributed by atoms with van der Waals surface area (Å²) < 4.78 is 1.50. The van der Waals surface area contributed by atoms with Gasteiger partial charge in [0.1, 0.15) is 0 Å². The molecule has 1 aromatic heterocycles. The summed E-state index contributed by atoms with van der Waals surface area (Å²) in [6.45, 7) is 7.46. The van der Waals surface area contributed by atoms with Gasteiger partial charge in [-0.15, -0.1) is 0 Å². The molecule has 0 radical (unpaired) electrons. The predicted molar refractivity (Wildman–Crippen MR) is 114 cm³/mol. The van der Waals surface area contributed by atoms with E-state index in [1.165, 1.54) is 10.2 Å². The number of amides is 1. The number of carbonyl (C=O) groups is 1. The number of benzene rings is 2. The maximum Gasteiger partial charge on any atom is 0.275 e. The molecule has 6 nitrogen and oxygen atoms in total. The van der Waals surface area contributed by atoms with Crippen LogP contribution in [0.4, 0.5) is 0 Å². The van der Waals surface area contributed by atoms with E-state index in [0.29, 0.717) is 31.1 Å². The van der Waals surface area contributed by atoms with Crippen molar-refractivity contribution in [3.63, 3.8) is 0 Å². The molecule has 1 amide bonds. The Morgan fingerprint density at radius 3 is 2.38 bits per heavy atom. The van der Waals surface area contributed by atoms with Gasteiger partial charge in [-0.1, -0.05) is 44.2 Å². The van der Waals surface area contributed by atoms with E-state index in [1.807, 2.05) is 53.4 Å². The number of aromatic nitrogens is 2. The van der Waals surface area contributed by atoms with Crippen molar-refractivity contribution in [1.82, 2.24) is 19.6 Å². The molecule has 6 heteroatoms. The van der Waals surface area contributed by atoms with Crippen LogP contribution in [0, 0.1) is 0 Å². The molecular formula is C23H26N4O2. The molecule has 1 aliphatic rings. The number of nitrogens with zero attached hydrogens (tertiary/aromatic N) is 4. The Kier molecular flexibility index (Phi) is 5.45. The summed E-state index contributed by atoms with van der Waals surface area (Å²) in [5.74, 6) is 0.524. The largest absolute Gasteiger partial charge is 0.336 e. The van der Waals surface area contributed by atoms with Crippen molar-refractivity contribution in [3.8, 4) is 0 Å². The molecule has 3 aromatic rings. The van der Waals surface area contributed by atoms with E-state index in [1.54, 1.807) is 6.20 Å². The molecule has 150 valence electrons. The first-order chi connectivity index (χ1) is 14.0. The minimum atomic E-state index is -0.0770. The maximum absolute atomic E-state index is 12.8. The average Bonchev–Trinajstić information content (AvgIpc) is 2.76. The fourth-order valence-electron chi connectivity index (χ4n) is 3.70. The first-order valence-electron chi connectivity index (χ1n) is 10.1. The molecule has 2 heterocycles. The molecule has 0 saturated carbocycles. The van der Waals surface area contributed by atoms with Gasteiger partial charge in [0, 0.05) is 37.1 Å². The van der Waals surface area contributed by atoms with Gasteiger partial charge in [0.2, 0.25) is 0 Å². The molecule has 4 rings (SSSR count). The summed E-state index contributed by atoms with van der Waals surface area (Å²) in [6.07, 6.45) is 1.73. The van der Waals surface area contributed by atoms with Crippen LogP contribution in [0.25, 0.3) is 10.8 Å². The summed E-state index contributed by atoms with van der Waals surface area (Å²) in [5, 5.41) is 5.84. The molecule has 0 spiro atoms. The fourth-order valence-corrected chi connectivity index (χ4v) is 3.70. The van der Waals surface area contributed by atoms with Crippen LogP contribution in [-0.4, -0.2) is 51.7 Å².